The molecule has 1 aliphatic heterocycles. The number of carbonyl (C=O) groups is 2. The van der Waals surface area contributed by atoms with Gasteiger partial charge in [0, 0.05) is 43.8 Å². The Morgan fingerprint density at radius 1 is 1.30 bits per heavy atom. The molecule has 0 bridgehead atoms. The van der Waals surface area contributed by atoms with Crippen LogP contribution in [0.25, 0.3) is 0 Å². The molecule has 0 unspecified atom stereocenters. The molecular weight excluding hydrogens is 312 g/mol. The van der Waals surface area contributed by atoms with Gasteiger partial charge in [-0.05, 0) is 35.6 Å². The van der Waals surface area contributed by atoms with E-state index in [2.05, 4.69) is 16.8 Å². The standard InChI is InChI=1S/C17H20N2O3S/c20-16(18-8-5-14-2-1-10-22-14)3-4-17(21)19-9-6-15-13(12-19)7-11-23-15/h1-2,7,10-11H,3-6,8-9,12H2,(H,18,20). The van der Waals surface area contributed by atoms with Crippen LogP contribution in [-0.4, -0.2) is 29.8 Å². The molecule has 3 rings (SSSR count). The van der Waals surface area contributed by atoms with Crippen LogP contribution >= 0.6 is 11.3 Å². The largest absolute Gasteiger partial charge is 0.469 e. The number of carbonyl (C=O) groups excluding carboxylic acids is 2. The molecule has 1 aliphatic rings. The summed E-state index contributed by atoms with van der Waals surface area (Å²) in [7, 11) is 0. The van der Waals surface area contributed by atoms with Gasteiger partial charge in [0.2, 0.25) is 11.8 Å². The summed E-state index contributed by atoms with van der Waals surface area (Å²) in [6, 6.07) is 5.79. The summed E-state index contributed by atoms with van der Waals surface area (Å²) >= 11 is 1.76. The Labute approximate surface area is 139 Å². The first kappa shape index (κ1) is 15.8. The molecule has 1 N–H and O–H groups in total. The maximum Gasteiger partial charge on any atom is 0.223 e. The Kier molecular flexibility index (Phi) is 5.12. The van der Waals surface area contributed by atoms with E-state index in [1.165, 1.54) is 10.4 Å². The molecule has 23 heavy (non-hydrogen) atoms. The van der Waals surface area contributed by atoms with E-state index in [-0.39, 0.29) is 24.7 Å². The van der Waals surface area contributed by atoms with Crippen molar-refractivity contribution in [2.45, 2.75) is 32.2 Å². The van der Waals surface area contributed by atoms with Crippen LogP contribution in [0, 0.1) is 0 Å². The number of thiophene rings is 1. The van der Waals surface area contributed by atoms with Crippen molar-refractivity contribution >= 4 is 23.2 Å². The summed E-state index contributed by atoms with van der Waals surface area (Å²) < 4.78 is 5.20. The Hall–Kier alpha value is -2.08. The molecule has 0 aliphatic carbocycles. The van der Waals surface area contributed by atoms with Crippen molar-refractivity contribution < 1.29 is 14.0 Å². The predicted octanol–water partition coefficient (Wildman–Crippen LogP) is 2.36. The number of hydrogen-bond acceptors (Lipinski definition) is 4. The van der Waals surface area contributed by atoms with E-state index in [0.717, 1.165) is 18.7 Å². The van der Waals surface area contributed by atoms with Gasteiger partial charge in [0.15, 0.2) is 0 Å². The quantitative estimate of drug-likeness (QED) is 0.883. The zero-order valence-electron chi connectivity index (χ0n) is 12.9. The number of nitrogens with zero attached hydrogens (tertiary/aromatic N) is 1. The van der Waals surface area contributed by atoms with Gasteiger partial charge in [-0.25, -0.2) is 0 Å². The zero-order valence-corrected chi connectivity index (χ0v) is 13.7. The first-order chi connectivity index (χ1) is 11.2. The summed E-state index contributed by atoms with van der Waals surface area (Å²) in [6.45, 7) is 1.97. The summed E-state index contributed by atoms with van der Waals surface area (Å²) in [5.74, 6) is 0.822. The maximum absolute atomic E-state index is 12.2. The Morgan fingerprint density at radius 2 is 2.22 bits per heavy atom. The minimum Gasteiger partial charge on any atom is -0.469 e. The minimum absolute atomic E-state index is 0.0584. The molecule has 6 heteroatoms. The summed E-state index contributed by atoms with van der Waals surface area (Å²) in [4.78, 5) is 27.3. The Balaban J connectivity index is 1.36. The summed E-state index contributed by atoms with van der Waals surface area (Å²) in [6.07, 6.45) is 3.72. The maximum atomic E-state index is 12.2. The molecule has 0 saturated carbocycles. The van der Waals surface area contributed by atoms with Crippen molar-refractivity contribution in [1.82, 2.24) is 10.2 Å². The summed E-state index contributed by atoms with van der Waals surface area (Å²) in [5, 5.41) is 4.90. The van der Waals surface area contributed by atoms with Crippen LogP contribution in [0.3, 0.4) is 0 Å². The molecule has 122 valence electrons. The predicted molar refractivity (Wildman–Crippen MR) is 88.1 cm³/mol. The topological polar surface area (TPSA) is 62.6 Å². The van der Waals surface area contributed by atoms with E-state index in [1.54, 1.807) is 17.6 Å². The van der Waals surface area contributed by atoms with Gasteiger partial charge >= 0.3 is 0 Å². The molecule has 5 nitrogen and oxygen atoms in total. The summed E-state index contributed by atoms with van der Waals surface area (Å²) in [5.41, 5.74) is 1.25. The van der Waals surface area contributed by atoms with Crippen LogP contribution in [0.2, 0.25) is 0 Å². The minimum atomic E-state index is -0.0851. The van der Waals surface area contributed by atoms with E-state index >= 15 is 0 Å². The first-order valence-electron chi connectivity index (χ1n) is 7.84. The van der Waals surface area contributed by atoms with E-state index in [1.807, 2.05) is 17.0 Å². The van der Waals surface area contributed by atoms with E-state index < -0.39 is 0 Å². The third-order valence-corrected chi connectivity index (χ3v) is 5.02. The van der Waals surface area contributed by atoms with E-state index in [9.17, 15) is 9.59 Å². The zero-order chi connectivity index (χ0) is 16.1. The second-order valence-corrected chi connectivity index (χ2v) is 6.61. The van der Waals surface area contributed by atoms with Gasteiger partial charge in [0.05, 0.1) is 6.26 Å². The highest BCUT2D eigenvalue weighted by molar-refractivity contribution is 7.10. The second-order valence-electron chi connectivity index (χ2n) is 5.61. The molecule has 0 spiro atoms. The first-order valence-corrected chi connectivity index (χ1v) is 8.72. The average molecular weight is 332 g/mol. The van der Waals surface area contributed by atoms with Crippen molar-refractivity contribution in [3.05, 3.63) is 46.0 Å². The number of rotatable bonds is 6. The lowest BCUT2D eigenvalue weighted by Gasteiger charge is -2.27. The van der Waals surface area contributed by atoms with Crippen LogP contribution in [0.4, 0.5) is 0 Å². The van der Waals surface area contributed by atoms with Gasteiger partial charge in [-0.2, -0.15) is 0 Å². The van der Waals surface area contributed by atoms with Gasteiger partial charge in [-0.15, -0.1) is 11.3 Å². The lowest BCUT2D eigenvalue weighted by atomic mass is 10.1. The highest BCUT2D eigenvalue weighted by atomic mass is 32.1. The molecule has 0 atom stereocenters. The van der Waals surface area contributed by atoms with Crippen molar-refractivity contribution in [2.75, 3.05) is 13.1 Å². The van der Waals surface area contributed by atoms with Crippen LogP contribution in [-0.2, 0) is 29.0 Å². The number of hydrogen-bond donors (Lipinski definition) is 1. The van der Waals surface area contributed by atoms with Gasteiger partial charge < -0.3 is 14.6 Å². The highest BCUT2D eigenvalue weighted by Crippen LogP contribution is 2.24. The molecule has 3 heterocycles. The fraction of sp³-hybridized carbons (Fsp3) is 0.412. The lowest BCUT2D eigenvalue weighted by Crippen LogP contribution is -2.36. The van der Waals surface area contributed by atoms with Crippen LogP contribution in [0.15, 0.2) is 34.3 Å². The van der Waals surface area contributed by atoms with Gasteiger partial charge in [0.1, 0.15) is 5.76 Å². The van der Waals surface area contributed by atoms with Crippen molar-refractivity contribution in [3.8, 4) is 0 Å². The second kappa shape index (κ2) is 7.46. The molecule has 0 fully saturated rings. The fourth-order valence-corrected chi connectivity index (χ4v) is 3.60. The van der Waals surface area contributed by atoms with E-state index in [0.29, 0.717) is 19.5 Å². The van der Waals surface area contributed by atoms with Crippen LogP contribution in [0.5, 0.6) is 0 Å². The van der Waals surface area contributed by atoms with Crippen molar-refractivity contribution in [2.24, 2.45) is 0 Å². The molecule has 0 radical (unpaired) electrons. The molecular formula is C17H20N2O3S. The fourth-order valence-electron chi connectivity index (χ4n) is 2.71. The molecule has 2 aromatic rings. The molecule has 2 aromatic heterocycles. The van der Waals surface area contributed by atoms with E-state index in [4.69, 9.17) is 4.42 Å². The van der Waals surface area contributed by atoms with Gasteiger partial charge in [0.25, 0.3) is 0 Å². The van der Waals surface area contributed by atoms with Crippen LogP contribution in [0.1, 0.15) is 29.0 Å². The monoisotopic (exact) mass is 332 g/mol. The normalized spacial score (nSPS) is 13.7. The number of amides is 2. The van der Waals surface area contributed by atoms with Crippen molar-refractivity contribution in [3.63, 3.8) is 0 Å². The van der Waals surface area contributed by atoms with Crippen molar-refractivity contribution in [1.29, 1.82) is 0 Å². The highest BCUT2D eigenvalue weighted by Gasteiger charge is 2.21. The number of furan rings is 1. The number of fused-ring (bicyclic) bond motifs is 1. The Bertz CT molecular complexity index is 663. The molecule has 0 aromatic carbocycles. The average Bonchev–Trinajstić information content (AvgIpc) is 3.23. The third kappa shape index (κ3) is 4.22. The van der Waals surface area contributed by atoms with Gasteiger partial charge in [-0.1, -0.05) is 0 Å². The molecule has 0 saturated heterocycles. The van der Waals surface area contributed by atoms with Crippen LogP contribution < -0.4 is 5.32 Å². The Morgan fingerprint density at radius 3 is 3.04 bits per heavy atom. The lowest BCUT2D eigenvalue weighted by molar-refractivity contribution is -0.134. The smallest absolute Gasteiger partial charge is 0.223 e. The SMILES string of the molecule is O=C(CCC(=O)N1CCc2sccc2C1)NCCc1ccco1. The van der Waals surface area contributed by atoms with Gasteiger partial charge in [-0.3, -0.25) is 9.59 Å². The number of nitrogens with one attached hydrogen (secondary N) is 1. The third-order valence-electron chi connectivity index (χ3n) is 4.00. The molecule has 2 amide bonds.